The summed E-state index contributed by atoms with van der Waals surface area (Å²) in [5.41, 5.74) is -0.334. The van der Waals surface area contributed by atoms with Gasteiger partial charge < -0.3 is 10.2 Å². The largest absolute Gasteiger partial charge is 0.414 e. The number of rotatable bonds is 2. The van der Waals surface area contributed by atoms with Crippen molar-refractivity contribution < 1.29 is 23.4 Å². The minimum absolute atomic E-state index is 0.0618. The molecule has 0 aromatic rings. The van der Waals surface area contributed by atoms with E-state index < -0.39 is 23.8 Å². The highest BCUT2D eigenvalue weighted by molar-refractivity contribution is 5.14. The van der Waals surface area contributed by atoms with Crippen molar-refractivity contribution in [3.8, 4) is 0 Å². The monoisotopic (exact) mass is 430 g/mol. The van der Waals surface area contributed by atoms with Crippen LogP contribution in [-0.4, -0.2) is 28.1 Å². The van der Waals surface area contributed by atoms with Gasteiger partial charge in [-0.15, -0.1) is 0 Å². The van der Waals surface area contributed by atoms with E-state index in [1.165, 1.54) is 0 Å². The zero-order valence-corrected chi connectivity index (χ0v) is 19.4. The molecule has 0 unspecified atom stereocenters. The van der Waals surface area contributed by atoms with Gasteiger partial charge in [-0.2, -0.15) is 13.2 Å². The predicted molar refractivity (Wildman–Crippen MR) is 112 cm³/mol. The van der Waals surface area contributed by atoms with E-state index in [0.29, 0.717) is 17.8 Å². The Kier molecular flexibility index (Phi) is 5.23. The zero-order valence-electron chi connectivity index (χ0n) is 19.4. The van der Waals surface area contributed by atoms with Gasteiger partial charge in [-0.1, -0.05) is 27.7 Å². The number of hydrogen-bond acceptors (Lipinski definition) is 2. The van der Waals surface area contributed by atoms with E-state index in [4.69, 9.17) is 0 Å². The summed E-state index contributed by atoms with van der Waals surface area (Å²) in [6.07, 6.45) is 2.11. The summed E-state index contributed by atoms with van der Waals surface area (Å²) in [4.78, 5) is 0. The molecule has 4 aliphatic carbocycles. The fourth-order valence-corrected chi connectivity index (χ4v) is 9.36. The van der Waals surface area contributed by atoms with Gasteiger partial charge in [-0.3, -0.25) is 0 Å². The van der Waals surface area contributed by atoms with Crippen molar-refractivity contribution in [1.29, 1.82) is 0 Å². The van der Waals surface area contributed by atoms with Crippen molar-refractivity contribution in [2.24, 2.45) is 45.8 Å². The Hall–Kier alpha value is -0.290. The molecular weight excluding hydrogens is 389 g/mol. The van der Waals surface area contributed by atoms with Crippen LogP contribution < -0.4 is 0 Å². The third-order valence-electron chi connectivity index (χ3n) is 11.2. The summed E-state index contributed by atoms with van der Waals surface area (Å²) >= 11 is 0. The first-order valence-electron chi connectivity index (χ1n) is 12.1. The van der Waals surface area contributed by atoms with Gasteiger partial charge >= 0.3 is 6.18 Å². The molecule has 4 fully saturated rings. The van der Waals surface area contributed by atoms with Crippen LogP contribution in [0, 0.1) is 45.8 Å². The molecule has 5 heteroatoms. The molecule has 4 rings (SSSR count). The number of fused-ring (bicyclic) bond motifs is 5. The molecule has 0 saturated heterocycles. The number of aliphatic hydroxyl groups is 2. The van der Waals surface area contributed by atoms with Crippen molar-refractivity contribution >= 4 is 0 Å². The molecule has 2 nitrogen and oxygen atoms in total. The fraction of sp³-hybridized carbons (Fsp3) is 1.00. The lowest BCUT2D eigenvalue weighted by Crippen LogP contribution is -2.60. The van der Waals surface area contributed by atoms with Gasteiger partial charge in [0.15, 0.2) is 6.10 Å². The van der Waals surface area contributed by atoms with Crippen LogP contribution in [0.25, 0.3) is 0 Å². The molecule has 10 atom stereocenters. The molecule has 4 saturated carbocycles. The number of alkyl halides is 3. The van der Waals surface area contributed by atoms with Crippen molar-refractivity contribution in [3.05, 3.63) is 0 Å². The molecule has 0 radical (unpaired) electrons. The minimum Gasteiger partial charge on any atom is -0.390 e. The van der Waals surface area contributed by atoms with Gasteiger partial charge in [0.25, 0.3) is 0 Å². The zero-order chi connectivity index (χ0) is 22.3. The van der Waals surface area contributed by atoms with Crippen LogP contribution in [0.2, 0.25) is 0 Å². The molecule has 4 aliphatic rings. The average molecular weight is 431 g/mol. The Balaban J connectivity index is 1.59. The van der Waals surface area contributed by atoms with Gasteiger partial charge in [-0.05, 0) is 111 Å². The molecule has 0 spiro atoms. The van der Waals surface area contributed by atoms with E-state index in [9.17, 15) is 23.4 Å². The smallest absolute Gasteiger partial charge is 0.390 e. The first kappa shape index (κ1) is 22.9. The predicted octanol–water partition coefficient (Wildman–Crippen LogP) is 6.35. The summed E-state index contributed by atoms with van der Waals surface area (Å²) in [7, 11) is 0. The molecule has 0 heterocycles. The standard InChI is InChI=1S/C25H41F3O2/c1-15(20(29)25(26,27)28)17-6-7-18-16-8-10-21(2)14-22(3,30)12-13-24(21,5)19(16)9-11-23(17,18)4/h15-20,29-30H,6-14H2,1-5H3/t15-,16-,17+,18-,19-,20+,21+,22-,23+,24+/m0/s1. The van der Waals surface area contributed by atoms with Crippen LogP contribution in [0.1, 0.15) is 92.4 Å². The fourth-order valence-electron chi connectivity index (χ4n) is 9.36. The maximum atomic E-state index is 13.2. The normalized spacial score (nSPS) is 53.4. The first-order chi connectivity index (χ1) is 13.6. The highest BCUT2D eigenvalue weighted by Gasteiger charge is 2.65. The summed E-state index contributed by atoms with van der Waals surface area (Å²) in [6.45, 7) is 10.7. The first-order valence-corrected chi connectivity index (χ1v) is 12.1. The Morgan fingerprint density at radius 2 is 1.53 bits per heavy atom. The van der Waals surface area contributed by atoms with E-state index in [0.717, 1.165) is 57.8 Å². The van der Waals surface area contributed by atoms with Gasteiger partial charge in [0.2, 0.25) is 0 Å². The van der Waals surface area contributed by atoms with Gasteiger partial charge in [-0.25, -0.2) is 0 Å². The van der Waals surface area contributed by atoms with Crippen molar-refractivity contribution in [2.45, 2.75) is 110 Å². The second kappa shape index (κ2) is 6.85. The second-order valence-electron chi connectivity index (χ2n) is 12.6. The topological polar surface area (TPSA) is 40.5 Å². The number of aliphatic hydroxyl groups excluding tert-OH is 1. The van der Waals surface area contributed by atoms with Crippen LogP contribution in [-0.2, 0) is 0 Å². The molecule has 30 heavy (non-hydrogen) atoms. The van der Waals surface area contributed by atoms with Crippen molar-refractivity contribution in [1.82, 2.24) is 0 Å². The molecule has 0 amide bonds. The molecule has 0 aromatic heterocycles. The molecular formula is C25H41F3O2. The Labute approximate surface area is 180 Å². The summed E-state index contributed by atoms with van der Waals surface area (Å²) < 4.78 is 39.7. The number of halogens is 3. The lowest BCUT2D eigenvalue weighted by atomic mass is 9.39. The second-order valence-corrected chi connectivity index (χ2v) is 12.6. The van der Waals surface area contributed by atoms with E-state index in [-0.39, 0.29) is 22.2 Å². The highest BCUT2D eigenvalue weighted by atomic mass is 19.4. The van der Waals surface area contributed by atoms with E-state index in [1.54, 1.807) is 6.92 Å². The Bertz CT molecular complexity index is 676. The van der Waals surface area contributed by atoms with E-state index in [2.05, 4.69) is 20.8 Å². The molecule has 0 bridgehead atoms. The Morgan fingerprint density at radius 1 is 0.867 bits per heavy atom. The third-order valence-corrected chi connectivity index (χ3v) is 11.2. The lowest BCUT2D eigenvalue weighted by Gasteiger charge is -2.66. The van der Waals surface area contributed by atoms with Gasteiger partial charge in [0, 0.05) is 0 Å². The maximum absolute atomic E-state index is 13.2. The third kappa shape index (κ3) is 3.19. The van der Waals surface area contributed by atoms with Crippen LogP contribution in [0.4, 0.5) is 13.2 Å². The summed E-state index contributed by atoms with van der Waals surface area (Å²) in [6, 6.07) is 0. The summed E-state index contributed by atoms with van der Waals surface area (Å²) in [5, 5.41) is 20.8. The van der Waals surface area contributed by atoms with Crippen LogP contribution in [0.15, 0.2) is 0 Å². The molecule has 0 aliphatic heterocycles. The lowest BCUT2D eigenvalue weighted by molar-refractivity contribution is -0.230. The van der Waals surface area contributed by atoms with Crippen LogP contribution in [0.3, 0.4) is 0 Å². The van der Waals surface area contributed by atoms with Crippen molar-refractivity contribution in [2.75, 3.05) is 0 Å². The minimum atomic E-state index is -4.54. The van der Waals surface area contributed by atoms with Crippen LogP contribution in [0.5, 0.6) is 0 Å². The molecule has 0 aromatic carbocycles. The van der Waals surface area contributed by atoms with Gasteiger partial charge in [0.1, 0.15) is 0 Å². The van der Waals surface area contributed by atoms with Crippen molar-refractivity contribution in [3.63, 3.8) is 0 Å². The SMILES string of the molecule is C[C@H]([C@@H](O)C(F)(F)F)[C@H]1CC[C@H]2[C@@H]3CC[C@]4(C)C[C@@](C)(O)CC[C@]4(C)[C@H]3CC[C@]12C. The maximum Gasteiger partial charge on any atom is 0.414 e. The van der Waals surface area contributed by atoms with E-state index in [1.807, 2.05) is 6.92 Å². The highest BCUT2D eigenvalue weighted by Crippen LogP contribution is 2.72. The van der Waals surface area contributed by atoms with E-state index >= 15 is 0 Å². The molecule has 2 N–H and O–H groups in total. The molecule has 174 valence electrons. The van der Waals surface area contributed by atoms with Gasteiger partial charge in [0.05, 0.1) is 5.60 Å². The quantitative estimate of drug-likeness (QED) is 0.536. The average Bonchev–Trinajstić information content (AvgIpc) is 2.97. The summed E-state index contributed by atoms with van der Waals surface area (Å²) in [5.74, 6) is 0.837. The van der Waals surface area contributed by atoms with Crippen LogP contribution >= 0.6 is 0 Å². The Morgan fingerprint density at radius 3 is 2.17 bits per heavy atom. The number of hydrogen-bond donors (Lipinski definition) is 2.